The molecule has 0 amide bonds. The SMILES string of the molecule is CC(C)C(CO)Oc1ccccc1C(=O)O. The van der Waals surface area contributed by atoms with Gasteiger partial charge in [0.2, 0.25) is 0 Å². The van der Waals surface area contributed by atoms with Crippen LogP contribution in [-0.4, -0.2) is 28.9 Å². The van der Waals surface area contributed by atoms with E-state index in [0.717, 1.165) is 0 Å². The smallest absolute Gasteiger partial charge is 0.339 e. The van der Waals surface area contributed by atoms with Crippen molar-refractivity contribution in [1.29, 1.82) is 0 Å². The highest BCUT2D eigenvalue weighted by Crippen LogP contribution is 2.21. The van der Waals surface area contributed by atoms with Crippen LogP contribution in [0.15, 0.2) is 24.3 Å². The van der Waals surface area contributed by atoms with Crippen LogP contribution in [0.3, 0.4) is 0 Å². The Balaban J connectivity index is 2.91. The first-order valence-electron chi connectivity index (χ1n) is 5.16. The number of benzene rings is 1. The molecule has 0 aliphatic rings. The van der Waals surface area contributed by atoms with Gasteiger partial charge < -0.3 is 14.9 Å². The molecule has 2 N–H and O–H groups in total. The molecule has 0 radical (unpaired) electrons. The summed E-state index contributed by atoms with van der Waals surface area (Å²) in [6.45, 7) is 3.68. The summed E-state index contributed by atoms with van der Waals surface area (Å²) in [6, 6.07) is 6.41. The average molecular weight is 224 g/mol. The molecule has 1 unspecified atom stereocenters. The Morgan fingerprint density at radius 1 is 1.38 bits per heavy atom. The first kappa shape index (κ1) is 12.5. The van der Waals surface area contributed by atoms with Gasteiger partial charge in [-0.15, -0.1) is 0 Å². The average Bonchev–Trinajstić information content (AvgIpc) is 2.25. The van der Waals surface area contributed by atoms with Crippen molar-refractivity contribution in [3.05, 3.63) is 29.8 Å². The zero-order chi connectivity index (χ0) is 12.1. The van der Waals surface area contributed by atoms with E-state index in [1.165, 1.54) is 6.07 Å². The van der Waals surface area contributed by atoms with E-state index in [1.54, 1.807) is 18.2 Å². The van der Waals surface area contributed by atoms with Gasteiger partial charge in [-0.25, -0.2) is 4.79 Å². The minimum atomic E-state index is -1.03. The Hall–Kier alpha value is -1.55. The number of rotatable bonds is 5. The van der Waals surface area contributed by atoms with Crippen LogP contribution in [0.25, 0.3) is 0 Å². The van der Waals surface area contributed by atoms with Gasteiger partial charge in [0.1, 0.15) is 17.4 Å². The second kappa shape index (κ2) is 5.51. The van der Waals surface area contributed by atoms with Crippen molar-refractivity contribution in [2.75, 3.05) is 6.61 Å². The van der Waals surface area contributed by atoms with Crippen LogP contribution in [-0.2, 0) is 0 Å². The Labute approximate surface area is 94.5 Å². The number of hydrogen-bond acceptors (Lipinski definition) is 3. The van der Waals surface area contributed by atoms with E-state index in [4.69, 9.17) is 14.9 Å². The molecule has 88 valence electrons. The van der Waals surface area contributed by atoms with Crippen LogP contribution in [0, 0.1) is 5.92 Å². The maximum absolute atomic E-state index is 10.9. The van der Waals surface area contributed by atoms with Gasteiger partial charge in [-0.1, -0.05) is 26.0 Å². The van der Waals surface area contributed by atoms with Crippen molar-refractivity contribution < 1.29 is 19.7 Å². The topological polar surface area (TPSA) is 66.8 Å². The van der Waals surface area contributed by atoms with Gasteiger partial charge in [0, 0.05) is 0 Å². The zero-order valence-electron chi connectivity index (χ0n) is 9.38. The third kappa shape index (κ3) is 2.97. The summed E-state index contributed by atoms with van der Waals surface area (Å²) in [5.41, 5.74) is 0.113. The van der Waals surface area contributed by atoms with Gasteiger partial charge in [0.25, 0.3) is 0 Å². The van der Waals surface area contributed by atoms with Crippen molar-refractivity contribution in [3.63, 3.8) is 0 Å². The van der Waals surface area contributed by atoms with Crippen molar-refractivity contribution in [2.45, 2.75) is 20.0 Å². The van der Waals surface area contributed by atoms with E-state index in [-0.39, 0.29) is 24.2 Å². The Kier molecular flexibility index (Phi) is 4.31. The monoisotopic (exact) mass is 224 g/mol. The predicted octanol–water partition coefficient (Wildman–Crippen LogP) is 1.78. The molecule has 4 nitrogen and oxygen atoms in total. The molecule has 1 atom stereocenters. The number of carbonyl (C=O) groups is 1. The van der Waals surface area contributed by atoms with E-state index >= 15 is 0 Å². The highest BCUT2D eigenvalue weighted by molar-refractivity contribution is 5.90. The fourth-order valence-corrected chi connectivity index (χ4v) is 1.29. The molecule has 0 heterocycles. The van der Waals surface area contributed by atoms with Gasteiger partial charge >= 0.3 is 5.97 Å². The normalized spacial score (nSPS) is 12.5. The van der Waals surface area contributed by atoms with Crippen molar-refractivity contribution in [2.24, 2.45) is 5.92 Å². The number of ether oxygens (including phenoxy) is 1. The summed E-state index contributed by atoms with van der Waals surface area (Å²) in [4.78, 5) is 10.9. The maximum atomic E-state index is 10.9. The number of aliphatic hydroxyl groups is 1. The van der Waals surface area contributed by atoms with Crippen LogP contribution < -0.4 is 4.74 Å². The van der Waals surface area contributed by atoms with Gasteiger partial charge in [-0.3, -0.25) is 0 Å². The standard InChI is InChI=1S/C12H16O4/c1-8(2)11(7-13)16-10-6-4-3-5-9(10)12(14)15/h3-6,8,11,13H,7H2,1-2H3,(H,14,15). The lowest BCUT2D eigenvalue weighted by molar-refractivity contribution is 0.0647. The molecule has 16 heavy (non-hydrogen) atoms. The largest absolute Gasteiger partial charge is 0.487 e. The van der Waals surface area contributed by atoms with Crippen molar-refractivity contribution in [3.8, 4) is 5.75 Å². The highest BCUT2D eigenvalue weighted by Gasteiger charge is 2.17. The van der Waals surface area contributed by atoms with Crippen molar-refractivity contribution in [1.82, 2.24) is 0 Å². The summed E-state index contributed by atoms with van der Waals surface area (Å²) in [5.74, 6) is -0.620. The minimum absolute atomic E-state index is 0.113. The van der Waals surface area contributed by atoms with E-state index < -0.39 is 5.97 Å². The quantitative estimate of drug-likeness (QED) is 0.800. The molecular formula is C12H16O4. The molecule has 1 aromatic rings. The molecule has 1 aromatic carbocycles. The third-order valence-electron chi connectivity index (χ3n) is 2.32. The molecular weight excluding hydrogens is 208 g/mol. The van der Waals surface area contributed by atoms with Crippen LogP contribution >= 0.6 is 0 Å². The number of hydrogen-bond donors (Lipinski definition) is 2. The second-order valence-electron chi connectivity index (χ2n) is 3.88. The molecule has 0 spiro atoms. The summed E-state index contributed by atoms with van der Waals surface area (Å²) in [5, 5.41) is 18.1. The summed E-state index contributed by atoms with van der Waals surface area (Å²) < 4.78 is 5.49. The number of carboxylic acid groups (broad SMARTS) is 1. The molecule has 0 aliphatic heterocycles. The van der Waals surface area contributed by atoms with Crippen LogP contribution in [0.5, 0.6) is 5.75 Å². The third-order valence-corrected chi connectivity index (χ3v) is 2.32. The van der Waals surface area contributed by atoms with Gasteiger partial charge in [-0.05, 0) is 18.1 Å². The molecule has 4 heteroatoms. The Bertz CT molecular complexity index is 360. The fraction of sp³-hybridized carbons (Fsp3) is 0.417. The van der Waals surface area contributed by atoms with Crippen LogP contribution in [0.2, 0.25) is 0 Å². The second-order valence-corrected chi connectivity index (χ2v) is 3.88. The van der Waals surface area contributed by atoms with Gasteiger partial charge in [0.15, 0.2) is 0 Å². The molecule has 0 aliphatic carbocycles. The highest BCUT2D eigenvalue weighted by atomic mass is 16.5. The van der Waals surface area contributed by atoms with E-state index in [0.29, 0.717) is 5.75 Å². The predicted molar refractivity (Wildman–Crippen MR) is 59.7 cm³/mol. The molecule has 0 saturated carbocycles. The van der Waals surface area contributed by atoms with Crippen LogP contribution in [0.1, 0.15) is 24.2 Å². The molecule has 1 rings (SSSR count). The lowest BCUT2D eigenvalue weighted by Crippen LogP contribution is -2.27. The van der Waals surface area contributed by atoms with E-state index in [2.05, 4.69) is 0 Å². The Morgan fingerprint density at radius 3 is 2.50 bits per heavy atom. The number of aromatic carboxylic acids is 1. The first-order chi connectivity index (χ1) is 7.56. The summed E-state index contributed by atoms with van der Waals surface area (Å²) in [7, 11) is 0. The first-order valence-corrected chi connectivity index (χ1v) is 5.16. The summed E-state index contributed by atoms with van der Waals surface area (Å²) >= 11 is 0. The molecule has 0 aromatic heterocycles. The van der Waals surface area contributed by atoms with E-state index in [9.17, 15) is 4.79 Å². The summed E-state index contributed by atoms with van der Waals surface area (Å²) in [6.07, 6.45) is -0.388. The van der Waals surface area contributed by atoms with Crippen molar-refractivity contribution >= 4 is 5.97 Å². The lowest BCUT2D eigenvalue weighted by Gasteiger charge is -2.21. The van der Waals surface area contributed by atoms with Gasteiger partial charge in [0.05, 0.1) is 6.61 Å². The number of carboxylic acids is 1. The van der Waals surface area contributed by atoms with Gasteiger partial charge in [-0.2, -0.15) is 0 Å². The molecule has 0 bridgehead atoms. The number of para-hydroxylation sites is 1. The molecule has 0 saturated heterocycles. The van der Waals surface area contributed by atoms with E-state index in [1.807, 2.05) is 13.8 Å². The Morgan fingerprint density at radius 2 is 2.00 bits per heavy atom. The minimum Gasteiger partial charge on any atom is -0.487 e. The zero-order valence-corrected chi connectivity index (χ0v) is 9.38. The van der Waals surface area contributed by atoms with Crippen LogP contribution in [0.4, 0.5) is 0 Å². The number of aliphatic hydroxyl groups excluding tert-OH is 1. The fourth-order valence-electron chi connectivity index (χ4n) is 1.29. The lowest BCUT2D eigenvalue weighted by atomic mass is 10.1. The maximum Gasteiger partial charge on any atom is 0.339 e. The molecule has 0 fully saturated rings.